The summed E-state index contributed by atoms with van der Waals surface area (Å²) in [6.45, 7) is 1.98. The van der Waals surface area contributed by atoms with E-state index in [1.165, 1.54) is 12.1 Å². The number of hydrogen-bond donors (Lipinski definition) is 1. The molecule has 9 nitrogen and oxygen atoms in total. The van der Waals surface area contributed by atoms with Gasteiger partial charge in [0, 0.05) is 35.9 Å². The van der Waals surface area contributed by atoms with Crippen molar-refractivity contribution in [2.75, 3.05) is 6.79 Å². The van der Waals surface area contributed by atoms with Gasteiger partial charge >= 0.3 is 0 Å². The van der Waals surface area contributed by atoms with E-state index in [-0.39, 0.29) is 23.6 Å². The lowest BCUT2D eigenvalue weighted by Crippen LogP contribution is -2.36. The molecule has 208 valence electrons. The van der Waals surface area contributed by atoms with Gasteiger partial charge in [-0.05, 0) is 54.5 Å². The number of fused-ring (bicyclic) bond motifs is 2. The van der Waals surface area contributed by atoms with E-state index in [1.54, 1.807) is 73.1 Å². The number of amides is 1. The minimum absolute atomic E-state index is 0.00782. The number of carbonyl (C=O) groups is 2. The molecule has 41 heavy (non-hydrogen) atoms. The zero-order chi connectivity index (χ0) is 28.7. The van der Waals surface area contributed by atoms with Crippen LogP contribution in [0.3, 0.4) is 0 Å². The summed E-state index contributed by atoms with van der Waals surface area (Å²) in [5.74, 6) is -1.92. The summed E-state index contributed by atoms with van der Waals surface area (Å²) in [4.78, 5) is 31.1. The van der Waals surface area contributed by atoms with Gasteiger partial charge in [0.15, 0.2) is 0 Å². The quantitative estimate of drug-likeness (QED) is 0.335. The Hall–Kier alpha value is -4.38. The summed E-state index contributed by atoms with van der Waals surface area (Å²) in [7, 11) is -2.33. The van der Waals surface area contributed by atoms with Crippen molar-refractivity contribution in [2.45, 2.75) is 29.9 Å². The topological polar surface area (TPSA) is 117 Å². The molecule has 4 aromatic rings. The second-order valence-corrected chi connectivity index (χ2v) is 11.8. The van der Waals surface area contributed by atoms with E-state index in [0.717, 1.165) is 5.56 Å². The molecule has 0 bridgehead atoms. The van der Waals surface area contributed by atoms with E-state index in [2.05, 4.69) is 9.71 Å². The van der Waals surface area contributed by atoms with E-state index in [9.17, 15) is 18.0 Å². The summed E-state index contributed by atoms with van der Waals surface area (Å²) in [6, 6.07) is 16.7. The fourth-order valence-corrected chi connectivity index (χ4v) is 6.20. The van der Waals surface area contributed by atoms with Gasteiger partial charge in [-0.3, -0.25) is 14.6 Å². The zero-order valence-corrected chi connectivity index (χ0v) is 23.2. The minimum Gasteiger partial charge on any atom is -0.350 e. The van der Waals surface area contributed by atoms with Crippen LogP contribution >= 0.6 is 0 Å². The van der Waals surface area contributed by atoms with Gasteiger partial charge in [-0.1, -0.05) is 48.0 Å². The number of benzene rings is 2. The molecule has 10 heteroatoms. The fourth-order valence-electron chi connectivity index (χ4n) is 5.21. The molecule has 2 aromatic carbocycles. The van der Waals surface area contributed by atoms with Gasteiger partial charge in [0.2, 0.25) is 11.7 Å². The third-order valence-electron chi connectivity index (χ3n) is 7.33. The molecule has 3 heterocycles. The molecule has 2 aromatic heterocycles. The molecule has 1 saturated heterocycles. The van der Waals surface area contributed by atoms with Crippen molar-refractivity contribution >= 4 is 32.6 Å². The first-order chi connectivity index (χ1) is 19.7. The number of carbonyl (C=O) groups excluding carboxylic acids is 2. The predicted octanol–water partition coefficient (Wildman–Crippen LogP) is 3.94. The van der Waals surface area contributed by atoms with Gasteiger partial charge in [0.1, 0.15) is 24.7 Å². The molecule has 1 amide bonds. The number of pyridine rings is 1. The van der Waals surface area contributed by atoms with Crippen LogP contribution in [0.1, 0.15) is 33.1 Å². The number of nitrogens with zero attached hydrogens (tertiary/aromatic N) is 2. The summed E-state index contributed by atoms with van der Waals surface area (Å²) < 4.78 is 41.8. The lowest BCUT2D eigenvalue weighted by molar-refractivity contribution is -0.119. The van der Waals surface area contributed by atoms with E-state index in [0.29, 0.717) is 33.3 Å². The van der Waals surface area contributed by atoms with Crippen molar-refractivity contribution in [3.8, 4) is 0 Å². The Labute approximate surface area is 237 Å². The van der Waals surface area contributed by atoms with Gasteiger partial charge in [-0.25, -0.2) is 13.1 Å². The normalized spacial score (nSPS) is 19.0. The van der Waals surface area contributed by atoms with E-state index in [1.807, 2.05) is 24.6 Å². The van der Waals surface area contributed by atoms with Crippen molar-refractivity contribution in [1.29, 1.82) is 0 Å². The molecular weight excluding hydrogens is 542 g/mol. The van der Waals surface area contributed by atoms with Crippen LogP contribution in [0, 0.1) is 6.92 Å². The van der Waals surface area contributed by atoms with Crippen LogP contribution < -0.4 is 4.72 Å². The number of ketones is 1. The highest BCUT2D eigenvalue weighted by Gasteiger charge is 2.35. The van der Waals surface area contributed by atoms with Crippen LogP contribution in [0.15, 0.2) is 102 Å². The number of sulfonamides is 1. The van der Waals surface area contributed by atoms with Crippen molar-refractivity contribution in [3.63, 3.8) is 0 Å². The Bertz CT molecular complexity index is 1820. The second kappa shape index (κ2) is 10.5. The number of allylic oxidation sites excluding steroid dienone is 1. The second-order valence-electron chi connectivity index (χ2n) is 10.1. The number of aromatic nitrogens is 2. The van der Waals surface area contributed by atoms with Gasteiger partial charge in [-0.15, -0.1) is 0 Å². The number of ether oxygens (including phenoxy) is 2. The molecule has 1 aliphatic carbocycles. The van der Waals surface area contributed by atoms with Crippen LogP contribution in [0.4, 0.5) is 0 Å². The van der Waals surface area contributed by atoms with Crippen LogP contribution in [-0.4, -0.2) is 48.7 Å². The first-order valence-corrected chi connectivity index (χ1v) is 14.5. The number of nitrogens with one attached hydrogen (secondary N) is 1. The van der Waals surface area contributed by atoms with Gasteiger partial charge in [-0.2, -0.15) is 0 Å². The van der Waals surface area contributed by atoms with Crippen molar-refractivity contribution < 1.29 is 27.5 Å². The lowest BCUT2D eigenvalue weighted by Gasteiger charge is -2.23. The van der Waals surface area contributed by atoms with Crippen molar-refractivity contribution in [2.24, 2.45) is 7.05 Å². The zero-order valence-electron chi connectivity index (χ0n) is 22.4. The third kappa shape index (κ3) is 5.13. The van der Waals surface area contributed by atoms with Gasteiger partial charge in [0.25, 0.3) is 10.0 Å². The molecule has 1 fully saturated rings. The Morgan fingerprint density at radius 2 is 1.83 bits per heavy atom. The Morgan fingerprint density at radius 1 is 1.05 bits per heavy atom. The lowest BCUT2D eigenvalue weighted by atomic mass is 9.86. The highest BCUT2D eigenvalue weighted by molar-refractivity contribution is 7.90. The van der Waals surface area contributed by atoms with Crippen LogP contribution in [0.2, 0.25) is 0 Å². The predicted molar refractivity (Wildman–Crippen MR) is 152 cm³/mol. The Balaban J connectivity index is 1.42. The fraction of sp³-hybridized carbons (Fsp3) is 0.194. The molecule has 0 saturated carbocycles. The molecule has 2 aliphatic rings. The van der Waals surface area contributed by atoms with E-state index >= 15 is 0 Å². The molecule has 3 unspecified atom stereocenters. The van der Waals surface area contributed by atoms with Crippen molar-refractivity contribution in [1.82, 2.24) is 14.3 Å². The Kier molecular flexibility index (Phi) is 6.90. The smallest absolute Gasteiger partial charge is 0.264 e. The summed E-state index contributed by atoms with van der Waals surface area (Å²) in [5, 5.41) is 0.706. The van der Waals surface area contributed by atoms with Gasteiger partial charge < -0.3 is 14.0 Å². The summed E-state index contributed by atoms with van der Waals surface area (Å²) >= 11 is 0. The number of hydrogen-bond acceptors (Lipinski definition) is 7. The van der Waals surface area contributed by atoms with E-state index < -0.39 is 28.0 Å². The standard InChI is InChI=1S/C31H27N3O6S/c1-19-6-10-22(11-7-19)41(37,38)33-31(36)29(20-9-13-27-28(16-20)40-18-39-27)24-17-34(2)26-15-21(8-12-23(24)26)30(35)25-5-3-4-14-32-25/h3-17,27-29H,18H2,1-2H3,(H,33,36). The van der Waals surface area contributed by atoms with E-state index in [4.69, 9.17) is 9.47 Å². The third-order valence-corrected chi connectivity index (χ3v) is 8.70. The summed E-state index contributed by atoms with van der Waals surface area (Å²) in [5.41, 5.74) is 3.54. The number of aryl methyl sites for hydroxylation is 2. The van der Waals surface area contributed by atoms with Gasteiger partial charge in [0.05, 0.1) is 10.8 Å². The maximum Gasteiger partial charge on any atom is 0.264 e. The highest BCUT2D eigenvalue weighted by atomic mass is 32.2. The average Bonchev–Trinajstić information content (AvgIpc) is 3.57. The van der Waals surface area contributed by atoms with Crippen LogP contribution in [0.5, 0.6) is 0 Å². The molecule has 1 aliphatic heterocycles. The molecule has 3 atom stereocenters. The first kappa shape index (κ1) is 26.8. The minimum atomic E-state index is -4.15. The number of rotatable bonds is 7. The molecule has 0 radical (unpaired) electrons. The van der Waals surface area contributed by atoms with Crippen molar-refractivity contribution in [3.05, 3.63) is 119 Å². The highest BCUT2D eigenvalue weighted by Crippen LogP contribution is 2.37. The van der Waals surface area contributed by atoms with Crippen LogP contribution in [-0.2, 0) is 31.3 Å². The Morgan fingerprint density at radius 3 is 2.59 bits per heavy atom. The summed E-state index contributed by atoms with van der Waals surface area (Å²) in [6.07, 6.45) is 8.08. The molecule has 0 spiro atoms. The van der Waals surface area contributed by atoms with Crippen LogP contribution in [0.25, 0.3) is 10.9 Å². The first-order valence-electron chi connectivity index (χ1n) is 13.0. The monoisotopic (exact) mass is 569 g/mol. The largest absolute Gasteiger partial charge is 0.350 e. The SMILES string of the molecule is Cc1ccc(S(=O)(=O)NC(=O)C(C2=CC3OCOC3C=C2)c2cn(C)c3cc(C(=O)c4ccccn4)ccc23)cc1. The molecular formula is C31H27N3O6S. The molecule has 1 N–H and O–H groups in total. The maximum absolute atomic E-state index is 13.9. The molecule has 6 rings (SSSR count). The average molecular weight is 570 g/mol. The maximum atomic E-state index is 13.9.